The van der Waals surface area contributed by atoms with Crippen LogP contribution in [0.2, 0.25) is 0 Å². The van der Waals surface area contributed by atoms with Gasteiger partial charge in [-0.3, -0.25) is 4.68 Å². The summed E-state index contributed by atoms with van der Waals surface area (Å²) in [5, 5.41) is 12.1. The van der Waals surface area contributed by atoms with Gasteiger partial charge < -0.3 is 5.32 Å². The molecular formula is C13H22N6. The molecule has 2 heterocycles. The number of hydrogen-bond donors (Lipinski definition) is 1. The zero-order valence-corrected chi connectivity index (χ0v) is 11.9. The van der Waals surface area contributed by atoms with Gasteiger partial charge in [0, 0.05) is 25.3 Å². The molecule has 0 amide bonds. The van der Waals surface area contributed by atoms with Gasteiger partial charge in [-0.15, -0.1) is 0 Å². The van der Waals surface area contributed by atoms with Gasteiger partial charge in [0.25, 0.3) is 0 Å². The molecule has 104 valence electrons. The van der Waals surface area contributed by atoms with Gasteiger partial charge in [-0.05, 0) is 12.5 Å². The SMILES string of the molecule is CCCn1ncnc1Cn1ccc(CNC(C)C)n1. The second-order valence-electron chi connectivity index (χ2n) is 4.94. The highest BCUT2D eigenvalue weighted by Gasteiger charge is 2.06. The summed E-state index contributed by atoms with van der Waals surface area (Å²) in [5.41, 5.74) is 1.05. The Kier molecular flexibility index (Phi) is 4.68. The Bertz CT molecular complexity index is 499. The minimum Gasteiger partial charge on any atom is -0.309 e. The lowest BCUT2D eigenvalue weighted by Crippen LogP contribution is -2.22. The topological polar surface area (TPSA) is 60.6 Å². The van der Waals surface area contributed by atoms with Crippen molar-refractivity contribution in [2.24, 2.45) is 0 Å². The van der Waals surface area contributed by atoms with Gasteiger partial charge in [0.1, 0.15) is 18.7 Å². The van der Waals surface area contributed by atoms with Crippen molar-refractivity contribution in [2.45, 2.75) is 52.9 Å². The maximum atomic E-state index is 4.53. The summed E-state index contributed by atoms with van der Waals surface area (Å²) in [6, 6.07) is 2.51. The van der Waals surface area contributed by atoms with Crippen LogP contribution in [0.1, 0.15) is 38.7 Å². The smallest absolute Gasteiger partial charge is 0.148 e. The fourth-order valence-corrected chi connectivity index (χ4v) is 1.85. The molecule has 0 aliphatic heterocycles. The first kappa shape index (κ1) is 13.7. The Morgan fingerprint density at radius 3 is 2.95 bits per heavy atom. The average Bonchev–Trinajstić information content (AvgIpc) is 2.98. The Morgan fingerprint density at radius 1 is 1.37 bits per heavy atom. The van der Waals surface area contributed by atoms with Crippen LogP contribution in [0, 0.1) is 0 Å². The molecule has 0 saturated carbocycles. The van der Waals surface area contributed by atoms with Gasteiger partial charge >= 0.3 is 0 Å². The second kappa shape index (κ2) is 6.47. The van der Waals surface area contributed by atoms with E-state index in [1.807, 2.05) is 21.6 Å². The number of aromatic nitrogens is 5. The van der Waals surface area contributed by atoms with Crippen LogP contribution < -0.4 is 5.32 Å². The van der Waals surface area contributed by atoms with Crippen LogP contribution in [0.3, 0.4) is 0 Å². The highest BCUT2D eigenvalue weighted by Crippen LogP contribution is 2.02. The Balaban J connectivity index is 1.97. The van der Waals surface area contributed by atoms with Gasteiger partial charge in [-0.1, -0.05) is 20.8 Å². The molecular weight excluding hydrogens is 240 g/mol. The van der Waals surface area contributed by atoms with Crippen LogP contribution in [-0.2, 0) is 19.6 Å². The minimum absolute atomic E-state index is 0.470. The van der Waals surface area contributed by atoms with Crippen molar-refractivity contribution in [1.82, 2.24) is 29.9 Å². The molecule has 2 aromatic rings. The molecule has 0 atom stereocenters. The first-order valence-electron chi connectivity index (χ1n) is 6.81. The minimum atomic E-state index is 0.470. The van der Waals surface area contributed by atoms with E-state index in [0.717, 1.165) is 31.0 Å². The highest BCUT2D eigenvalue weighted by molar-refractivity contribution is 5.00. The molecule has 19 heavy (non-hydrogen) atoms. The molecule has 0 aromatic carbocycles. The number of rotatable bonds is 7. The van der Waals surface area contributed by atoms with Crippen molar-refractivity contribution in [1.29, 1.82) is 0 Å². The molecule has 0 aliphatic carbocycles. The maximum absolute atomic E-state index is 4.53. The quantitative estimate of drug-likeness (QED) is 0.820. The van der Waals surface area contributed by atoms with E-state index in [1.165, 1.54) is 0 Å². The Morgan fingerprint density at radius 2 is 2.21 bits per heavy atom. The number of nitrogens with zero attached hydrogens (tertiary/aromatic N) is 5. The predicted molar refractivity (Wildman–Crippen MR) is 73.6 cm³/mol. The average molecular weight is 262 g/mol. The van der Waals surface area contributed by atoms with E-state index in [2.05, 4.69) is 41.3 Å². The molecule has 0 spiro atoms. The van der Waals surface area contributed by atoms with Crippen LogP contribution >= 0.6 is 0 Å². The number of aryl methyl sites for hydroxylation is 1. The molecule has 2 aromatic heterocycles. The van der Waals surface area contributed by atoms with Crippen LogP contribution in [0.25, 0.3) is 0 Å². The predicted octanol–water partition coefficient (Wildman–Crippen LogP) is 1.43. The zero-order valence-electron chi connectivity index (χ0n) is 11.9. The summed E-state index contributed by atoms with van der Waals surface area (Å²) in [5.74, 6) is 0.952. The van der Waals surface area contributed by atoms with Crippen molar-refractivity contribution < 1.29 is 0 Å². The van der Waals surface area contributed by atoms with E-state index in [9.17, 15) is 0 Å². The van der Waals surface area contributed by atoms with Crippen LogP contribution in [0.5, 0.6) is 0 Å². The second-order valence-corrected chi connectivity index (χ2v) is 4.94. The monoisotopic (exact) mass is 262 g/mol. The summed E-state index contributed by atoms with van der Waals surface area (Å²) in [7, 11) is 0. The lowest BCUT2D eigenvalue weighted by Gasteiger charge is -2.06. The first-order valence-corrected chi connectivity index (χ1v) is 6.81. The van der Waals surface area contributed by atoms with Crippen molar-refractivity contribution in [3.8, 4) is 0 Å². The third kappa shape index (κ3) is 3.89. The van der Waals surface area contributed by atoms with E-state index in [1.54, 1.807) is 6.33 Å². The molecule has 0 unspecified atom stereocenters. The third-order valence-electron chi connectivity index (χ3n) is 2.82. The molecule has 6 heteroatoms. The van der Waals surface area contributed by atoms with E-state index >= 15 is 0 Å². The van der Waals surface area contributed by atoms with Gasteiger partial charge in [0.2, 0.25) is 0 Å². The van der Waals surface area contributed by atoms with E-state index in [-0.39, 0.29) is 0 Å². The Hall–Kier alpha value is -1.69. The summed E-state index contributed by atoms with van der Waals surface area (Å²) >= 11 is 0. The summed E-state index contributed by atoms with van der Waals surface area (Å²) < 4.78 is 3.85. The molecule has 0 saturated heterocycles. The first-order chi connectivity index (χ1) is 9.19. The lowest BCUT2D eigenvalue weighted by molar-refractivity contribution is 0.531. The van der Waals surface area contributed by atoms with Gasteiger partial charge in [-0.25, -0.2) is 9.67 Å². The maximum Gasteiger partial charge on any atom is 0.148 e. The van der Waals surface area contributed by atoms with Gasteiger partial charge in [-0.2, -0.15) is 10.2 Å². The normalized spacial score (nSPS) is 11.4. The molecule has 0 bridgehead atoms. The van der Waals surface area contributed by atoms with Crippen LogP contribution in [0.15, 0.2) is 18.6 Å². The van der Waals surface area contributed by atoms with Crippen molar-refractivity contribution >= 4 is 0 Å². The lowest BCUT2D eigenvalue weighted by atomic mass is 10.3. The van der Waals surface area contributed by atoms with E-state index < -0.39 is 0 Å². The highest BCUT2D eigenvalue weighted by atomic mass is 15.4. The summed E-state index contributed by atoms with van der Waals surface area (Å²) in [4.78, 5) is 4.29. The molecule has 2 rings (SSSR count). The fraction of sp³-hybridized carbons (Fsp3) is 0.615. The molecule has 0 fully saturated rings. The van der Waals surface area contributed by atoms with Gasteiger partial charge in [0.05, 0.1) is 5.69 Å². The summed E-state index contributed by atoms with van der Waals surface area (Å²) in [6.45, 7) is 8.76. The van der Waals surface area contributed by atoms with Crippen molar-refractivity contribution in [3.63, 3.8) is 0 Å². The number of nitrogens with one attached hydrogen (secondary N) is 1. The summed E-state index contributed by atoms with van der Waals surface area (Å²) in [6.07, 6.45) is 4.65. The molecule has 0 aliphatic rings. The third-order valence-corrected chi connectivity index (χ3v) is 2.82. The fourth-order valence-electron chi connectivity index (χ4n) is 1.85. The zero-order chi connectivity index (χ0) is 13.7. The molecule has 1 N–H and O–H groups in total. The Labute approximate surface area is 113 Å². The molecule has 0 radical (unpaired) electrons. The van der Waals surface area contributed by atoms with E-state index in [4.69, 9.17) is 0 Å². The van der Waals surface area contributed by atoms with Crippen molar-refractivity contribution in [3.05, 3.63) is 30.1 Å². The van der Waals surface area contributed by atoms with Crippen LogP contribution in [-0.4, -0.2) is 30.6 Å². The molecule has 6 nitrogen and oxygen atoms in total. The van der Waals surface area contributed by atoms with Crippen LogP contribution in [0.4, 0.5) is 0 Å². The van der Waals surface area contributed by atoms with Crippen molar-refractivity contribution in [2.75, 3.05) is 0 Å². The number of hydrogen-bond acceptors (Lipinski definition) is 4. The largest absolute Gasteiger partial charge is 0.309 e. The standard InChI is InChI=1S/C13H22N6/c1-4-6-19-13(15-10-16-19)9-18-7-5-12(17-18)8-14-11(2)3/h5,7,10-11,14H,4,6,8-9H2,1-3H3. The van der Waals surface area contributed by atoms with Gasteiger partial charge in [0.15, 0.2) is 0 Å². The van der Waals surface area contributed by atoms with E-state index in [0.29, 0.717) is 12.6 Å².